The summed E-state index contributed by atoms with van der Waals surface area (Å²) in [7, 11) is 1.51. The predicted octanol–water partition coefficient (Wildman–Crippen LogP) is 3.04. The number of anilines is 1. The van der Waals surface area contributed by atoms with Gasteiger partial charge in [-0.05, 0) is 19.1 Å². The Balaban J connectivity index is 1.83. The molecule has 0 atom stereocenters. The lowest BCUT2D eigenvalue weighted by Gasteiger charge is -2.07. The number of aromatic nitrogens is 3. The van der Waals surface area contributed by atoms with Crippen molar-refractivity contribution in [1.82, 2.24) is 15.0 Å². The van der Waals surface area contributed by atoms with Gasteiger partial charge in [0.05, 0.1) is 25.1 Å². The minimum atomic E-state index is -0.536. The van der Waals surface area contributed by atoms with Gasteiger partial charge in [-0.25, -0.2) is 14.8 Å². The third kappa shape index (κ3) is 4.45. The van der Waals surface area contributed by atoms with Crippen LogP contribution in [0.5, 0.6) is 5.75 Å². The minimum Gasteiger partial charge on any atom is -0.497 e. The number of amides is 1. The van der Waals surface area contributed by atoms with Crippen LogP contribution in [0.4, 0.5) is 5.13 Å². The Bertz CT molecular complexity index is 959. The number of methoxy groups -OCH3 is 1. The summed E-state index contributed by atoms with van der Waals surface area (Å²) in [5.74, 6) is -0.538. The van der Waals surface area contributed by atoms with Crippen LogP contribution in [0.2, 0.25) is 0 Å². The molecule has 3 rings (SSSR count). The number of nitrogens with zero attached hydrogens (tertiary/aromatic N) is 3. The lowest BCUT2D eigenvalue weighted by Crippen LogP contribution is -2.14. The van der Waals surface area contributed by atoms with E-state index in [-0.39, 0.29) is 23.1 Å². The van der Waals surface area contributed by atoms with Crippen molar-refractivity contribution < 1.29 is 19.1 Å². The number of pyridine rings is 2. The van der Waals surface area contributed by atoms with Gasteiger partial charge in [-0.15, -0.1) is 11.3 Å². The fraction of sp³-hybridized carbons (Fsp3) is 0.167. The molecular formula is C18H16N4O4S. The fourth-order valence-electron chi connectivity index (χ4n) is 2.18. The Morgan fingerprint density at radius 2 is 2.00 bits per heavy atom. The van der Waals surface area contributed by atoms with Crippen LogP contribution < -0.4 is 10.1 Å². The molecule has 1 N–H and O–H groups in total. The number of carbonyl (C=O) groups excluding carboxylic acids is 2. The summed E-state index contributed by atoms with van der Waals surface area (Å²) in [6, 6.07) is 8.62. The van der Waals surface area contributed by atoms with Gasteiger partial charge in [0.15, 0.2) is 10.8 Å². The van der Waals surface area contributed by atoms with Crippen LogP contribution in [0.15, 0.2) is 41.9 Å². The SMILES string of the molecule is CCOC(=O)c1csc(NC(=O)c2cc(OC)cc(-c3ccccn3)n2)n1. The molecule has 0 aliphatic rings. The second kappa shape index (κ2) is 8.37. The van der Waals surface area contributed by atoms with Crippen molar-refractivity contribution in [2.75, 3.05) is 19.0 Å². The summed E-state index contributed by atoms with van der Waals surface area (Å²) in [5.41, 5.74) is 1.41. The van der Waals surface area contributed by atoms with Crippen molar-refractivity contribution in [1.29, 1.82) is 0 Å². The highest BCUT2D eigenvalue weighted by Crippen LogP contribution is 2.23. The Kier molecular flexibility index (Phi) is 5.72. The maximum Gasteiger partial charge on any atom is 0.357 e. The Labute approximate surface area is 159 Å². The van der Waals surface area contributed by atoms with E-state index in [0.29, 0.717) is 17.1 Å². The molecule has 3 aromatic rings. The molecule has 0 aliphatic heterocycles. The Morgan fingerprint density at radius 1 is 1.15 bits per heavy atom. The normalized spacial score (nSPS) is 10.3. The molecule has 8 nitrogen and oxygen atoms in total. The van der Waals surface area contributed by atoms with Crippen LogP contribution in [0.25, 0.3) is 11.4 Å². The van der Waals surface area contributed by atoms with Crippen molar-refractivity contribution in [3.63, 3.8) is 0 Å². The molecule has 138 valence electrons. The summed E-state index contributed by atoms with van der Waals surface area (Å²) in [5, 5.41) is 4.42. The van der Waals surface area contributed by atoms with Crippen LogP contribution in [-0.4, -0.2) is 40.5 Å². The van der Waals surface area contributed by atoms with Crippen LogP contribution in [0.1, 0.15) is 27.9 Å². The van der Waals surface area contributed by atoms with Crippen molar-refractivity contribution in [2.24, 2.45) is 0 Å². The van der Waals surface area contributed by atoms with E-state index in [9.17, 15) is 9.59 Å². The standard InChI is InChI=1S/C18H16N4O4S/c1-3-26-17(24)15-10-27-18(21-15)22-16(23)14-9-11(25-2)8-13(20-14)12-6-4-5-7-19-12/h4-10H,3H2,1-2H3,(H,21,22,23). The summed E-state index contributed by atoms with van der Waals surface area (Å²) in [4.78, 5) is 36.9. The van der Waals surface area contributed by atoms with Gasteiger partial charge < -0.3 is 9.47 Å². The zero-order chi connectivity index (χ0) is 19.2. The average Bonchev–Trinajstić information content (AvgIpc) is 3.17. The first-order chi connectivity index (χ1) is 13.1. The number of nitrogens with one attached hydrogen (secondary N) is 1. The molecule has 3 heterocycles. The van der Waals surface area contributed by atoms with Crippen molar-refractivity contribution >= 4 is 28.3 Å². The molecule has 0 radical (unpaired) electrons. The van der Waals surface area contributed by atoms with Gasteiger partial charge >= 0.3 is 5.97 Å². The van der Waals surface area contributed by atoms with Gasteiger partial charge in [0.1, 0.15) is 11.4 Å². The molecule has 27 heavy (non-hydrogen) atoms. The molecule has 0 saturated heterocycles. The van der Waals surface area contributed by atoms with Gasteiger partial charge in [-0.1, -0.05) is 6.07 Å². The third-order valence-electron chi connectivity index (χ3n) is 3.40. The molecule has 3 aromatic heterocycles. The second-order valence-electron chi connectivity index (χ2n) is 5.20. The number of thiazole rings is 1. The maximum absolute atomic E-state index is 12.6. The summed E-state index contributed by atoms with van der Waals surface area (Å²) < 4.78 is 10.1. The lowest BCUT2D eigenvalue weighted by atomic mass is 10.2. The highest BCUT2D eigenvalue weighted by atomic mass is 32.1. The molecule has 0 bridgehead atoms. The van der Waals surface area contributed by atoms with E-state index >= 15 is 0 Å². The summed E-state index contributed by atoms with van der Waals surface area (Å²) >= 11 is 1.12. The van der Waals surface area contributed by atoms with Crippen molar-refractivity contribution in [2.45, 2.75) is 6.92 Å². The van der Waals surface area contributed by atoms with E-state index < -0.39 is 11.9 Å². The topological polar surface area (TPSA) is 103 Å². The van der Waals surface area contributed by atoms with Crippen molar-refractivity contribution in [3.05, 3.63) is 53.3 Å². The van der Waals surface area contributed by atoms with Crippen molar-refractivity contribution in [3.8, 4) is 17.1 Å². The zero-order valence-corrected chi connectivity index (χ0v) is 15.4. The molecule has 0 aliphatic carbocycles. The van der Waals surface area contributed by atoms with Gasteiger partial charge in [-0.2, -0.15) is 0 Å². The van der Waals surface area contributed by atoms with E-state index in [4.69, 9.17) is 9.47 Å². The summed E-state index contributed by atoms with van der Waals surface area (Å²) in [6.45, 7) is 1.96. The number of ether oxygens (including phenoxy) is 2. The van der Waals surface area contributed by atoms with E-state index in [0.717, 1.165) is 11.3 Å². The second-order valence-corrected chi connectivity index (χ2v) is 6.06. The molecule has 0 unspecified atom stereocenters. The number of hydrogen-bond donors (Lipinski definition) is 1. The molecule has 1 amide bonds. The highest BCUT2D eigenvalue weighted by Gasteiger charge is 2.16. The van der Waals surface area contributed by atoms with Crippen LogP contribution >= 0.6 is 11.3 Å². The van der Waals surface area contributed by atoms with Gasteiger partial charge in [0.2, 0.25) is 0 Å². The van der Waals surface area contributed by atoms with Crippen LogP contribution in [-0.2, 0) is 4.74 Å². The first-order valence-electron chi connectivity index (χ1n) is 8.02. The molecule has 0 aromatic carbocycles. The van der Waals surface area contributed by atoms with E-state index in [2.05, 4.69) is 20.3 Å². The first kappa shape index (κ1) is 18.5. The number of carbonyl (C=O) groups is 2. The number of esters is 1. The average molecular weight is 384 g/mol. The maximum atomic E-state index is 12.6. The summed E-state index contributed by atoms with van der Waals surface area (Å²) in [6.07, 6.45) is 1.64. The fourth-order valence-corrected chi connectivity index (χ4v) is 2.85. The van der Waals surface area contributed by atoms with Gasteiger partial charge in [0, 0.05) is 23.7 Å². The Morgan fingerprint density at radius 3 is 2.70 bits per heavy atom. The first-order valence-corrected chi connectivity index (χ1v) is 8.90. The zero-order valence-electron chi connectivity index (χ0n) is 14.6. The monoisotopic (exact) mass is 384 g/mol. The molecule has 0 spiro atoms. The molecular weight excluding hydrogens is 368 g/mol. The Hall–Kier alpha value is -3.33. The van der Waals surface area contributed by atoms with Crippen LogP contribution in [0, 0.1) is 0 Å². The predicted molar refractivity (Wildman–Crippen MR) is 100 cm³/mol. The van der Waals surface area contributed by atoms with Gasteiger partial charge in [0.25, 0.3) is 5.91 Å². The molecule has 0 fully saturated rings. The van der Waals surface area contributed by atoms with Gasteiger partial charge in [-0.3, -0.25) is 15.1 Å². The van der Waals surface area contributed by atoms with E-state index in [1.807, 2.05) is 6.07 Å². The molecule has 9 heteroatoms. The lowest BCUT2D eigenvalue weighted by molar-refractivity contribution is 0.0520. The number of rotatable bonds is 6. The minimum absolute atomic E-state index is 0.142. The largest absolute Gasteiger partial charge is 0.497 e. The quantitative estimate of drug-likeness (QED) is 0.652. The smallest absolute Gasteiger partial charge is 0.357 e. The molecule has 0 saturated carbocycles. The highest BCUT2D eigenvalue weighted by molar-refractivity contribution is 7.14. The van der Waals surface area contributed by atoms with E-state index in [1.165, 1.54) is 18.6 Å². The van der Waals surface area contributed by atoms with E-state index in [1.54, 1.807) is 31.3 Å². The number of hydrogen-bond acceptors (Lipinski definition) is 8. The van der Waals surface area contributed by atoms with Crippen LogP contribution in [0.3, 0.4) is 0 Å². The third-order valence-corrected chi connectivity index (χ3v) is 4.16.